The number of hydrazine groups is 1. The van der Waals surface area contributed by atoms with Crippen LogP contribution in [-0.2, 0) is 11.8 Å². The molecular formula is C17H28N2. The third-order valence-corrected chi connectivity index (χ3v) is 4.46. The molecule has 0 heterocycles. The summed E-state index contributed by atoms with van der Waals surface area (Å²) in [6, 6.07) is 9.48. The van der Waals surface area contributed by atoms with Crippen LogP contribution < -0.4 is 11.3 Å². The molecule has 1 unspecified atom stereocenters. The minimum Gasteiger partial charge on any atom is -0.271 e. The van der Waals surface area contributed by atoms with E-state index in [-0.39, 0.29) is 5.41 Å². The number of rotatable bonds is 4. The van der Waals surface area contributed by atoms with Crippen LogP contribution in [-0.4, -0.2) is 6.04 Å². The summed E-state index contributed by atoms with van der Waals surface area (Å²) in [4.78, 5) is 0. The van der Waals surface area contributed by atoms with Crippen molar-refractivity contribution in [1.29, 1.82) is 0 Å². The van der Waals surface area contributed by atoms with E-state index in [2.05, 4.69) is 50.5 Å². The lowest BCUT2D eigenvalue weighted by atomic mass is 9.85. The summed E-state index contributed by atoms with van der Waals surface area (Å²) < 4.78 is 0. The molecule has 1 aromatic carbocycles. The topological polar surface area (TPSA) is 38.0 Å². The average Bonchev–Trinajstić information content (AvgIpc) is 2.89. The fraction of sp³-hybridized carbons (Fsp3) is 0.647. The standard InChI is InChI=1S/C17H28N2/c1-17(2,3)15-10-8-13(9-11-15)12-16(19-18)14-6-4-5-7-14/h8-11,14,16,19H,4-7,12,18H2,1-3H3. The summed E-state index contributed by atoms with van der Waals surface area (Å²) >= 11 is 0. The molecule has 1 aliphatic rings. The highest BCUT2D eigenvalue weighted by atomic mass is 15.2. The van der Waals surface area contributed by atoms with Gasteiger partial charge in [0.2, 0.25) is 0 Å². The zero-order valence-electron chi connectivity index (χ0n) is 12.6. The molecule has 0 aromatic heterocycles. The summed E-state index contributed by atoms with van der Waals surface area (Å²) in [7, 11) is 0. The first kappa shape index (κ1) is 14.5. The van der Waals surface area contributed by atoms with Crippen molar-refractivity contribution in [1.82, 2.24) is 5.43 Å². The molecule has 1 saturated carbocycles. The Balaban J connectivity index is 2.01. The molecule has 0 saturated heterocycles. The van der Waals surface area contributed by atoms with Crippen molar-refractivity contribution < 1.29 is 0 Å². The fourth-order valence-corrected chi connectivity index (χ4v) is 3.12. The van der Waals surface area contributed by atoms with Crippen molar-refractivity contribution in [2.24, 2.45) is 11.8 Å². The second-order valence-electron chi connectivity index (χ2n) is 6.97. The number of benzene rings is 1. The van der Waals surface area contributed by atoms with Crippen molar-refractivity contribution in [2.45, 2.75) is 64.3 Å². The van der Waals surface area contributed by atoms with Crippen LogP contribution in [0.15, 0.2) is 24.3 Å². The molecule has 1 aliphatic carbocycles. The Hall–Kier alpha value is -0.860. The Bertz CT molecular complexity index is 383. The zero-order chi connectivity index (χ0) is 13.9. The molecule has 1 aromatic rings. The summed E-state index contributed by atoms with van der Waals surface area (Å²) in [6.45, 7) is 6.76. The lowest BCUT2D eigenvalue weighted by Crippen LogP contribution is -2.41. The van der Waals surface area contributed by atoms with Crippen molar-refractivity contribution in [3.63, 3.8) is 0 Å². The third kappa shape index (κ3) is 3.80. The third-order valence-electron chi connectivity index (χ3n) is 4.46. The first-order chi connectivity index (χ1) is 9.00. The van der Waals surface area contributed by atoms with Crippen molar-refractivity contribution in [3.05, 3.63) is 35.4 Å². The summed E-state index contributed by atoms with van der Waals surface area (Å²) in [6.07, 6.45) is 6.44. The van der Waals surface area contributed by atoms with E-state index < -0.39 is 0 Å². The fourth-order valence-electron chi connectivity index (χ4n) is 3.12. The van der Waals surface area contributed by atoms with Gasteiger partial charge in [0, 0.05) is 6.04 Å². The van der Waals surface area contributed by atoms with Gasteiger partial charge in [-0.2, -0.15) is 0 Å². The zero-order valence-corrected chi connectivity index (χ0v) is 12.6. The van der Waals surface area contributed by atoms with E-state index in [0.717, 1.165) is 12.3 Å². The molecule has 2 heteroatoms. The highest BCUT2D eigenvalue weighted by Gasteiger charge is 2.24. The number of nitrogens with one attached hydrogen (secondary N) is 1. The lowest BCUT2D eigenvalue weighted by Gasteiger charge is -2.23. The number of hydrogen-bond donors (Lipinski definition) is 2. The normalized spacial score (nSPS) is 18.7. The molecule has 2 nitrogen and oxygen atoms in total. The van der Waals surface area contributed by atoms with Gasteiger partial charge in [0.25, 0.3) is 0 Å². The Kier molecular flexibility index (Phi) is 4.64. The molecule has 0 amide bonds. The van der Waals surface area contributed by atoms with Crippen molar-refractivity contribution in [2.75, 3.05) is 0 Å². The first-order valence-electron chi connectivity index (χ1n) is 7.56. The highest BCUT2D eigenvalue weighted by Crippen LogP contribution is 2.29. The number of hydrogen-bond acceptors (Lipinski definition) is 2. The first-order valence-corrected chi connectivity index (χ1v) is 7.56. The van der Waals surface area contributed by atoms with Gasteiger partial charge >= 0.3 is 0 Å². The molecule has 0 aliphatic heterocycles. The SMILES string of the molecule is CC(C)(C)c1ccc(CC(NN)C2CCCC2)cc1. The predicted octanol–water partition coefficient (Wildman–Crippen LogP) is 3.55. The van der Waals surface area contributed by atoms with E-state index in [4.69, 9.17) is 5.84 Å². The van der Waals surface area contributed by atoms with Gasteiger partial charge in [-0.1, -0.05) is 57.9 Å². The Morgan fingerprint density at radius 1 is 1.16 bits per heavy atom. The summed E-state index contributed by atoms with van der Waals surface area (Å²) in [5.74, 6) is 6.51. The van der Waals surface area contributed by atoms with Crippen LogP contribution in [0.5, 0.6) is 0 Å². The maximum atomic E-state index is 5.75. The van der Waals surface area contributed by atoms with Gasteiger partial charge in [-0.25, -0.2) is 0 Å². The van der Waals surface area contributed by atoms with Crippen LogP contribution in [0.3, 0.4) is 0 Å². The van der Waals surface area contributed by atoms with Crippen LogP contribution in [0.1, 0.15) is 57.6 Å². The van der Waals surface area contributed by atoms with Gasteiger partial charge in [0.05, 0.1) is 0 Å². The van der Waals surface area contributed by atoms with E-state index in [0.29, 0.717) is 6.04 Å². The predicted molar refractivity (Wildman–Crippen MR) is 81.9 cm³/mol. The summed E-state index contributed by atoms with van der Waals surface area (Å²) in [5.41, 5.74) is 6.06. The summed E-state index contributed by atoms with van der Waals surface area (Å²) in [5, 5.41) is 0. The highest BCUT2D eigenvalue weighted by molar-refractivity contribution is 5.28. The molecule has 2 rings (SSSR count). The van der Waals surface area contributed by atoms with Gasteiger partial charge < -0.3 is 0 Å². The van der Waals surface area contributed by atoms with E-state index in [1.165, 1.54) is 36.8 Å². The average molecular weight is 260 g/mol. The van der Waals surface area contributed by atoms with Crippen LogP contribution >= 0.6 is 0 Å². The van der Waals surface area contributed by atoms with Crippen molar-refractivity contribution >= 4 is 0 Å². The molecule has 3 N–H and O–H groups in total. The van der Waals surface area contributed by atoms with Crippen LogP contribution in [0.2, 0.25) is 0 Å². The van der Waals surface area contributed by atoms with Gasteiger partial charge in [-0.05, 0) is 41.7 Å². The monoisotopic (exact) mass is 260 g/mol. The van der Waals surface area contributed by atoms with Gasteiger partial charge in [0.15, 0.2) is 0 Å². The quantitative estimate of drug-likeness (QED) is 0.642. The van der Waals surface area contributed by atoms with Crippen LogP contribution in [0.4, 0.5) is 0 Å². The van der Waals surface area contributed by atoms with Crippen molar-refractivity contribution in [3.8, 4) is 0 Å². The van der Waals surface area contributed by atoms with E-state index in [9.17, 15) is 0 Å². The van der Waals surface area contributed by atoms with Gasteiger partial charge in [-0.15, -0.1) is 0 Å². The second-order valence-corrected chi connectivity index (χ2v) is 6.97. The minimum absolute atomic E-state index is 0.232. The molecule has 19 heavy (non-hydrogen) atoms. The molecule has 0 bridgehead atoms. The minimum atomic E-state index is 0.232. The molecule has 0 radical (unpaired) electrons. The second kappa shape index (κ2) is 6.06. The van der Waals surface area contributed by atoms with E-state index >= 15 is 0 Å². The molecule has 1 fully saturated rings. The Morgan fingerprint density at radius 3 is 2.21 bits per heavy atom. The smallest absolute Gasteiger partial charge is 0.0279 e. The largest absolute Gasteiger partial charge is 0.271 e. The lowest BCUT2D eigenvalue weighted by molar-refractivity contribution is 0.361. The Labute approximate surface area is 117 Å². The number of nitrogens with two attached hydrogens (primary N) is 1. The maximum absolute atomic E-state index is 5.75. The molecule has 1 atom stereocenters. The van der Waals surface area contributed by atoms with Crippen LogP contribution in [0.25, 0.3) is 0 Å². The Morgan fingerprint density at radius 2 is 1.74 bits per heavy atom. The van der Waals surface area contributed by atoms with Crippen LogP contribution in [0, 0.1) is 5.92 Å². The van der Waals surface area contributed by atoms with E-state index in [1.807, 2.05) is 0 Å². The molecule has 0 spiro atoms. The molecular weight excluding hydrogens is 232 g/mol. The van der Waals surface area contributed by atoms with Gasteiger partial charge in [-0.3, -0.25) is 11.3 Å². The van der Waals surface area contributed by atoms with Gasteiger partial charge in [0.1, 0.15) is 0 Å². The maximum Gasteiger partial charge on any atom is 0.0279 e. The van der Waals surface area contributed by atoms with E-state index in [1.54, 1.807) is 0 Å². The molecule has 106 valence electrons.